The fourth-order valence-corrected chi connectivity index (χ4v) is 3.06. The highest BCUT2D eigenvalue weighted by Crippen LogP contribution is 2.15. The fourth-order valence-electron chi connectivity index (χ4n) is 2.33. The van der Waals surface area contributed by atoms with Crippen LogP contribution in [0.5, 0.6) is 0 Å². The van der Waals surface area contributed by atoms with Gasteiger partial charge in [0.2, 0.25) is 15.9 Å². The van der Waals surface area contributed by atoms with E-state index >= 15 is 0 Å². The molecule has 1 N–H and O–H groups in total. The van der Waals surface area contributed by atoms with Gasteiger partial charge in [0, 0.05) is 39.5 Å². The molecule has 6 nitrogen and oxygen atoms in total. The number of hydrogen-bond donors (Lipinski definition) is 1. The highest BCUT2D eigenvalue weighted by molar-refractivity contribution is 7.89. The maximum Gasteiger partial charge on any atom is 0.243 e. The molecule has 0 unspecified atom stereocenters. The summed E-state index contributed by atoms with van der Waals surface area (Å²) >= 11 is 0. The number of hydrogen-bond acceptors (Lipinski definition) is 3. The topological polar surface area (TPSA) is 71.4 Å². The third-order valence-electron chi connectivity index (χ3n) is 3.78. The van der Waals surface area contributed by atoms with Gasteiger partial charge in [0.05, 0.1) is 5.75 Å². The summed E-state index contributed by atoms with van der Waals surface area (Å²) in [5.74, 6) is -0.306. The standard InChI is InChI=1S/C17H23N3O3S/c1-19(2)24(22,23)13-10-18-17(21)16(20-11-6-7-12-20)14-15-8-4-3-5-9-15/h3-9,11-12,16H,10,13-14H2,1-2H3,(H,18,21)/t16-/m0/s1. The fraction of sp³-hybridized carbons (Fsp3) is 0.353. The van der Waals surface area contributed by atoms with Crippen LogP contribution in [0.25, 0.3) is 0 Å². The number of nitrogens with one attached hydrogen (secondary N) is 1. The summed E-state index contributed by atoms with van der Waals surface area (Å²) in [6.07, 6.45) is 4.22. The van der Waals surface area contributed by atoms with Crippen LogP contribution in [0.15, 0.2) is 54.9 Å². The van der Waals surface area contributed by atoms with E-state index in [1.165, 1.54) is 14.1 Å². The Morgan fingerprint density at radius 1 is 1.12 bits per heavy atom. The van der Waals surface area contributed by atoms with E-state index in [-0.39, 0.29) is 18.2 Å². The molecule has 1 atom stereocenters. The van der Waals surface area contributed by atoms with Crippen LogP contribution in [-0.2, 0) is 21.2 Å². The van der Waals surface area contributed by atoms with Crippen molar-refractivity contribution >= 4 is 15.9 Å². The van der Waals surface area contributed by atoms with Gasteiger partial charge >= 0.3 is 0 Å². The van der Waals surface area contributed by atoms with Crippen molar-refractivity contribution in [3.8, 4) is 0 Å². The van der Waals surface area contributed by atoms with E-state index in [1.54, 1.807) is 0 Å². The van der Waals surface area contributed by atoms with Crippen molar-refractivity contribution in [2.75, 3.05) is 26.4 Å². The van der Waals surface area contributed by atoms with E-state index in [0.717, 1.165) is 9.87 Å². The molecule has 0 radical (unpaired) electrons. The summed E-state index contributed by atoms with van der Waals surface area (Å²) in [5, 5.41) is 2.74. The lowest BCUT2D eigenvalue weighted by molar-refractivity contribution is -0.124. The first-order valence-corrected chi connectivity index (χ1v) is 9.35. The normalized spacial score (nSPS) is 13.0. The van der Waals surface area contributed by atoms with E-state index in [2.05, 4.69) is 5.32 Å². The van der Waals surface area contributed by atoms with Gasteiger partial charge in [-0.3, -0.25) is 4.79 Å². The van der Waals surface area contributed by atoms with Crippen LogP contribution in [0.1, 0.15) is 11.6 Å². The van der Waals surface area contributed by atoms with Gasteiger partial charge in [-0.05, 0) is 17.7 Å². The first kappa shape index (κ1) is 18.2. The summed E-state index contributed by atoms with van der Waals surface area (Å²) in [6.45, 7) is 0.0892. The SMILES string of the molecule is CN(C)S(=O)(=O)CCNC(=O)[C@H](Cc1ccccc1)n1cccc1. The van der Waals surface area contributed by atoms with Crippen molar-refractivity contribution in [1.29, 1.82) is 0 Å². The largest absolute Gasteiger partial charge is 0.353 e. The molecule has 1 aromatic carbocycles. The maximum atomic E-state index is 12.6. The lowest BCUT2D eigenvalue weighted by Gasteiger charge is -2.19. The third kappa shape index (κ3) is 4.94. The molecule has 1 amide bonds. The maximum absolute atomic E-state index is 12.6. The lowest BCUT2D eigenvalue weighted by Crippen LogP contribution is -2.38. The van der Waals surface area contributed by atoms with E-state index in [1.807, 2.05) is 59.4 Å². The minimum Gasteiger partial charge on any atom is -0.353 e. The molecule has 2 rings (SSSR count). The average molecular weight is 349 g/mol. The van der Waals surface area contributed by atoms with Gasteiger partial charge in [0.15, 0.2) is 0 Å². The number of benzene rings is 1. The zero-order valence-electron chi connectivity index (χ0n) is 13.9. The van der Waals surface area contributed by atoms with Crippen molar-refractivity contribution < 1.29 is 13.2 Å². The number of sulfonamides is 1. The predicted molar refractivity (Wildman–Crippen MR) is 94.1 cm³/mol. The summed E-state index contributed by atoms with van der Waals surface area (Å²) in [7, 11) is -0.358. The van der Waals surface area contributed by atoms with Gasteiger partial charge < -0.3 is 9.88 Å². The molecule has 130 valence electrons. The first-order valence-electron chi connectivity index (χ1n) is 7.74. The number of rotatable bonds is 8. The van der Waals surface area contributed by atoms with Crippen molar-refractivity contribution in [2.45, 2.75) is 12.5 Å². The Morgan fingerprint density at radius 3 is 2.33 bits per heavy atom. The number of nitrogens with zero attached hydrogens (tertiary/aromatic N) is 2. The minimum atomic E-state index is -3.32. The number of carbonyl (C=O) groups is 1. The van der Waals surface area contributed by atoms with Gasteiger partial charge in [0.25, 0.3) is 0 Å². The van der Waals surface area contributed by atoms with Gasteiger partial charge in [-0.2, -0.15) is 0 Å². The van der Waals surface area contributed by atoms with Crippen LogP contribution in [0.3, 0.4) is 0 Å². The van der Waals surface area contributed by atoms with Crippen LogP contribution >= 0.6 is 0 Å². The first-order chi connectivity index (χ1) is 11.4. The summed E-state index contributed by atoms with van der Waals surface area (Å²) in [5.41, 5.74) is 1.05. The van der Waals surface area contributed by atoms with E-state index < -0.39 is 16.1 Å². The molecular formula is C17H23N3O3S. The summed E-state index contributed by atoms with van der Waals surface area (Å²) in [4.78, 5) is 12.6. The van der Waals surface area contributed by atoms with Crippen molar-refractivity contribution in [3.05, 3.63) is 60.4 Å². The van der Waals surface area contributed by atoms with Gasteiger partial charge in [-0.1, -0.05) is 30.3 Å². The number of carbonyl (C=O) groups excluding carboxylic acids is 1. The molecule has 0 spiro atoms. The molecule has 0 aliphatic rings. The Balaban J connectivity index is 2.03. The second kappa shape index (κ2) is 8.12. The number of aromatic nitrogens is 1. The quantitative estimate of drug-likeness (QED) is 0.780. The van der Waals surface area contributed by atoms with Crippen molar-refractivity contribution in [2.24, 2.45) is 0 Å². The molecule has 0 bridgehead atoms. The Labute approximate surface area is 143 Å². The summed E-state index contributed by atoms with van der Waals surface area (Å²) < 4.78 is 26.5. The van der Waals surface area contributed by atoms with E-state index in [0.29, 0.717) is 6.42 Å². The highest BCUT2D eigenvalue weighted by Gasteiger charge is 2.21. The molecule has 24 heavy (non-hydrogen) atoms. The molecular weight excluding hydrogens is 326 g/mol. The van der Waals surface area contributed by atoms with Gasteiger partial charge in [-0.25, -0.2) is 12.7 Å². The Morgan fingerprint density at radius 2 is 1.75 bits per heavy atom. The zero-order chi connectivity index (χ0) is 17.6. The molecule has 0 saturated carbocycles. The predicted octanol–water partition coefficient (Wildman–Crippen LogP) is 1.28. The van der Waals surface area contributed by atoms with Crippen LogP contribution < -0.4 is 5.32 Å². The molecule has 2 aromatic rings. The third-order valence-corrected chi connectivity index (χ3v) is 5.61. The summed E-state index contributed by atoms with van der Waals surface area (Å²) in [6, 6.07) is 13.1. The van der Waals surface area contributed by atoms with E-state index in [9.17, 15) is 13.2 Å². The second-order valence-corrected chi connectivity index (χ2v) is 8.03. The Kier molecular flexibility index (Phi) is 6.16. The molecule has 1 heterocycles. The molecule has 0 aliphatic heterocycles. The lowest BCUT2D eigenvalue weighted by atomic mass is 10.1. The molecule has 0 aliphatic carbocycles. The monoisotopic (exact) mass is 349 g/mol. The Bertz CT molecular complexity index is 741. The van der Waals surface area contributed by atoms with Crippen LogP contribution in [0.4, 0.5) is 0 Å². The highest BCUT2D eigenvalue weighted by atomic mass is 32.2. The van der Waals surface area contributed by atoms with E-state index in [4.69, 9.17) is 0 Å². The van der Waals surface area contributed by atoms with Crippen LogP contribution in [0.2, 0.25) is 0 Å². The molecule has 0 saturated heterocycles. The zero-order valence-corrected chi connectivity index (χ0v) is 14.7. The smallest absolute Gasteiger partial charge is 0.243 e. The average Bonchev–Trinajstić information content (AvgIpc) is 3.07. The molecule has 0 fully saturated rings. The second-order valence-electron chi connectivity index (χ2n) is 5.73. The Hall–Kier alpha value is -2.12. The van der Waals surface area contributed by atoms with Gasteiger partial charge in [-0.15, -0.1) is 0 Å². The van der Waals surface area contributed by atoms with Crippen LogP contribution in [0, 0.1) is 0 Å². The minimum absolute atomic E-state index is 0.0892. The van der Waals surface area contributed by atoms with Crippen molar-refractivity contribution in [1.82, 2.24) is 14.2 Å². The number of amides is 1. The molecule has 7 heteroatoms. The molecule has 1 aromatic heterocycles. The van der Waals surface area contributed by atoms with Crippen LogP contribution in [-0.4, -0.2) is 49.6 Å². The van der Waals surface area contributed by atoms with Crippen molar-refractivity contribution in [3.63, 3.8) is 0 Å². The van der Waals surface area contributed by atoms with Gasteiger partial charge in [0.1, 0.15) is 6.04 Å².